The van der Waals surface area contributed by atoms with Crippen molar-refractivity contribution in [3.8, 4) is 0 Å². The summed E-state index contributed by atoms with van der Waals surface area (Å²) in [4.78, 5) is 10.9. The molecule has 3 nitrogen and oxygen atoms in total. The summed E-state index contributed by atoms with van der Waals surface area (Å²) in [6.07, 6.45) is 7.25. The third-order valence-electron chi connectivity index (χ3n) is 2.86. The predicted octanol–water partition coefficient (Wildman–Crippen LogP) is 1.06. The molecule has 0 bridgehead atoms. The first-order valence-corrected chi connectivity index (χ1v) is 4.92. The Hall–Kier alpha value is -0.570. The van der Waals surface area contributed by atoms with Crippen molar-refractivity contribution < 1.29 is 4.79 Å². The van der Waals surface area contributed by atoms with Crippen molar-refractivity contribution in [2.24, 2.45) is 0 Å². The second-order valence-corrected chi connectivity index (χ2v) is 3.77. The summed E-state index contributed by atoms with van der Waals surface area (Å²) < 4.78 is 0. The normalized spacial score (nSPS) is 27.5. The molecule has 1 saturated heterocycles. The van der Waals surface area contributed by atoms with Gasteiger partial charge < -0.3 is 0 Å². The summed E-state index contributed by atoms with van der Waals surface area (Å²) in [6.45, 7) is 0.920. The van der Waals surface area contributed by atoms with Gasteiger partial charge in [-0.15, -0.1) is 0 Å². The molecule has 1 aliphatic carbocycles. The number of hydrazine groups is 1. The molecule has 0 unspecified atom stereocenters. The molecule has 68 valence electrons. The van der Waals surface area contributed by atoms with Gasteiger partial charge in [0.05, 0.1) is 0 Å². The molecule has 12 heavy (non-hydrogen) atoms. The van der Waals surface area contributed by atoms with Crippen LogP contribution in [0.3, 0.4) is 0 Å². The van der Waals surface area contributed by atoms with Crippen LogP contribution in [0.5, 0.6) is 0 Å². The number of rotatable bonds is 1. The summed E-state index contributed by atoms with van der Waals surface area (Å²) in [5, 5.41) is 2.14. The maximum absolute atomic E-state index is 10.9. The van der Waals surface area contributed by atoms with Gasteiger partial charge >= 0.3 is 0 Å². The Morgan fingerprint density at radius 3 is 2.58 bits per heavy atom. The molecule has 1 aliphatic heterocycles. The maximum atomic E-state index is 10.9. The molecule has 0 spiro atoms. The molecule has 1 amide bonds. The number of nitrogens with one attached hydrogen (secondary N) is 1. The van der Waals surface area contributed by atoms with Gasteiger partial charge in [0.2, 0.25) is 5.91 Å². The van der Waals surface area contributed by atoms with Crippen molar-refractivity contribution in [2.75, 3.05) is 6.54 Å². The predicted molar refractivity (Wildman–Crippen MR) is 46.3 cm³/mol. The van der Waals surface area contributed by atoms with Crippen LogP contribution in [0, 0.1) is 0 Å². The zero-order valence-electron chi connectivity index (χ0n) is 7.38. The minimum Gasteiger partial charge on any atom is -0.289 e. The lowest BCUT2D eigenvalue weighted by atomic mass is 9.95. The fraction of sp³-hybridized carbons (Fsp3) is 0.889. The molecule has 2 rings (SSSR count). The molecular formula is C9H16N2O. The standard InChI is InChI=1S/C9H16N2O/c12-9-6-7-11(10-9)8-4-2-1-3-5-8/h8H,1-7H2,(H,10,12). The quantitative estimate of drug-likeness (QED) is 0.635. The van der Waals surface area contributed by atoms with E-state index in [9.17, 15) is 4.79 Å². The molecule has 1 heterocycles. The largest absolute Gasteiger partial charge is 0.289 e. The van der Waals surface area contributed by atoms with Crippen LogP contribution in [0.25, 0.3) is 0 Å². The molecule has 0 radical (unpaired) electrons. The van der Waals surface area contributed by atoms with Crippen molar-refractivity contribution in [3.63, 3.8) is 0 Å². The van der Waals surface area contributed by atoms with Gasteiger partial charge in [0.15, 0.2) is 0 Å². The number of nitrogens with zero attached hydrogens (tertiary/aromatic N) is 1. The minimum absolute atomic E-state index is 0.195. The first-order valence-electron chi connectivity index (χ1n) is 4.92. The molecule has 1 N–H and O–H groups in total. The summed E-state index contributed by atoms with van der Waals surface area (Å²) >= 11 is 0. The number of carbonyl (C=O) groups is 1. The highest BCUT2D eigenvalue weighted by molar-refractivity contribution is 5.77. The zero-order chi connectivity index (χ0) is 8.39. The zero-order valence-corrected chi connectivity index (χ0v) is 7.38. The van der Waals surface area contributed by atoms with Crippen LogP contribution in [-0.2, 0) is 4.79 Å². The Balaban J connectivity index is 1.86. The Morgan fingerprint density at radius 2 is 2.00 bits per heavy atom. The average Bonchev–Trinajstić information content (AvgIpc) is 2.54. The van der Waals surface area contributed by atoms with Crippen molar-refractivity contribution in [1.82, 2.24) is 10.4 Å². The van der Waals surface area contributed by atoms with Gasteiger partial charge in [-0.1, -0.05) is 19.3 Å². The van der Waals surface area contributed by atoms with E-state index in [1.165, 1.54) is 32.1 Å². The molecule has 0 aromatic heterocycles. The molecule has 2 aliphatic rings. The van der Waals surface area contributed by atoms with Crippen molar-refractivity contribution in [3.05, 3.63) is 0 Å². The Morgan fingerprint density at radius 1 is 1.25 bits per heavy atom. The third kappa shape index (κ3) is 1.61. The van der Waals surface area contributed by atoms with Gasteiger partial charge in [0.25, 0.3) is 0 Å². The number of carbonyl (C=O) groups excluding carboxylic acids is 1. The van der Waals surface area contributed by atoms with Gasteiger partial charge in [-0.25, -0.2) is 5.01 Å². The Labute approximate surface area is 73.1 Å². The van der Waals surface area contributed by atoms with Crippen LogP contribution in [-0.4, -0.2) is 23.5 Å². The smallest absolute Gasteiger partial charge is 0.235 e. The molecule has 1 saturated carbocycles. The first kappa shape index (κ1) is 8.05. The molecular weight excluding hydrogens is 152 g/mol. The molecule has 3 heteroatoms. The SMILES string of the molecule is O=C1CCN(C2CCCCC2)N1. The van der Waals surface area contributed by atoms with E-state index in [0.717, 1.165) is 6.54 Å². The van der Waals surface area contributed by atoms with Gasteiger partial charge in [-0.05, 0) is 12.8 Å². The molecule has 0 aromatic rings. The van der Waals surface area contributed by atoms with E-state index in [1.54, 1.807) is 0 Å². The van der Waals surface area contributed by atoms with Crippen LogP contribution in [0.4, 0.5) is 0 Å². The topological polar surface area (TPSA) is 32.3 Å². The summed E-state index contributed by atoms with van der Waals surface area (Å²) in [6, 6.07) is 0.630. The highest BCUT2D eigenvalue weighted by Crippen LogP contribution is 2.22. The Bertz CT molecular complexity index is 175. The lowest BCUT2D eigenvalue weighted by Gasteiger charge is -2.29. The second kappa shape index (κ2) is 3.44. The van der Waals surface area contributed by atoms with Crippen LogP contribution >= 0.6 is 0 Å². The lowest BCUT2D eigenvalue weighted by Crippen LogP contribution is -2.42. The van der Waals surface area contributed by atoms with Gasteiger partial charge in [-0.2, -0.15) is 0 Å². The van der Waals surface area contributed by atoms with E-state index in [-0.39, 0.29) is 5.91 Å². The fourth-order valence-electron chi connectivity index (χ4n) is 2.16. The van der Waals surface area contributed by atoms with E-state index < -0.39 is 0 Å². The van der Waals surface area contributed by atoms with Crippen molar-refractivity contribution in [2.45, 2.75) is 44.6 Å². The highest BCUT2D eigenvalue weighted by Gasteiger charge is 2.26. The van der Waals surface area contributed by atoms with Gasteiger partial charge in [0, 0.05) is 19.0 Å². The summed E-state index contributed by atoms with van der Waals surface area (Å²) in [7, 11) is 0. The highest BCUT2D eigenvalue weighted by atomic mass is 16.2. The third-order valence-corrected chi connectivity index (χ3v) is 2.86. The second-order valence-electron chi connectivity index (χ2n) is 3.77. The monoisotopic (exact) mass is 168 g/mol. The van der Waals surface area contributed by atoms with Crippen LogP contribution in [0.2, 0.25) is 0 Å². The average molecular weight is 168 g/mol. The molecule has 0 aromatic carbocycles. The van der Waals surface area contributed by atoms with Crippen molar-refractivity contribution in [1.29, 1.82) is 0 Å². The van der Waals surface area contributed by atoms with Crippen molar-refractivity contribution >= 4 is 5.91 Å². The lowest BCUT2D eigenvalue weighted by molar-refractivity contribution is -0.121. The minimum atomic E-state index is 0.195. The van der Waals surface area contributed by atoms with E-state index >= 15 is 0 Å². The van der Waals surface area contributed by atoms with Gasteiger partial charge in [0.1, 0.15) is 0 Å². The van der Waals surface area contributed by atoms with E-state index in [4.69, 9.17) is 0 Å². The first-order chi connectivity index (χ1) is 5.86. The number of amides is 1. The van der Waals surface area contributed by atoms with Crippen LogP contribution in [0.15, 0.2) is 0 Å². The molecule has 2 fully saturated rings. The Kier molecular flexibility index (Phi) is 2.30. The maximum Gasteiger partial charge on any atom is 0.235 e. The van der Waals surface area contributed by atoms with E-state index in [1.807, 2.05) is 0 Å². The van der Waals surface area contributed by atoms with Crippen LogP contribution in [0.1, 0.15) is 38.5 Å². The molecule has 0 atom stereocenters. The fourth-order valence-corrected chi connectivity index (χ4v) is 2.16. The van der Waals surface area contributed by atoms with E-state index in [2.05, 4.69) is 10.4 Å². The summed E-state index contributed by atoms with van der Waals surface area (Å²) in [5.74, 6) is 0.195. The number of hydrogen-bond donors (Lipinski definition) is 1. The van der Waals surface area contributed by atoms with Gasteiger partial charge in [-0.3, -0.25) is 10.2 Å². The van der Waals surface area contributed by atoms with Crippen LogP contribution < -0.4 is 5.43 Å². The summed E-state index contributed by atoms with van der Waals surface area (Å²) in [5.41, 5.74) is 2.92. The van der Waals surface area contributed by atoms with E-state index in [0.29, 0.717) is 12.5 Å². The number of hydrogen-bond acceptors (Lipinski definition) is 2.